The number of amides is 1. The molecule has 2 aromatic heterocycles. The van der Waals surface area contributed by atoms with Gasteiger partial charge in [0.05, 0.1) is 16.2 Å². The van der Waals surface area contributed by atoms with E-state index in [1.54, 1.807) is 18.2 Å². The lowest BCUT2D eigenvalue weighted by molar-refractivity contribution is -0.0328. The van der Waals surface area contributed by atoms with Crippen LogP contribution in [-0.4, -0.2) is 33.7 Å². The molecular weight excluding hydrogens is 495 g/mol. The molecule has 0 aliphatic heterocycles. The van der Waals surface area contributed by atoms with Crippen LogP contribution in [0.15, 0.2) is 40.9 Å². The van der Waals surface area contributed by atoms with Crippen molar-refractivity contribution >= 4 is 39.7 Å². The number of methoxy groups -OCH3 is 1. The number of rotatable bonds is 4. The van der Waals surface area contributed by atoms with Gasteiger partial charge in [-0.25, -0.2) is 9.78 Å². The van der Waals surface area contributed by atoms with E-state index in [2.05, 4.69) is 27.6 Å². The SMILES string of the molecule is COc1nccc2c(I)c(-c3ccc(C4(N(C(=O)O)C(C)(C)C)CCC4)cc3)oc12. The van der Waals surface area contributed by atoms with E-state index in [9.17, 15) is 9.90 Å². The predicted octanol–water partition coefficient (Wildman–Crippen LogP) is 6.27. The Bertz CT molecular complexity index is 1090. The van der Waals surface area contributed by atoms with Crippen LogP contribution in [0.3, 0.4) is 0 Å². The normalized spacial score (nSPS) is 15.6. The molecule has 2 heterocycles. The fourth-order valence-electron chi connectivity index (χ4n) is 4.50. The molecule has 1 aliphatic carbocycles. The van der Waals surface area contributed by atoms with Crippen molar-refractivity contribution in [3.8, 4) is 17.2 Å². The van der Waals surface area contributed by atoms with E-state index in [0.717, 1.165) is 45.1 Å². The maximum Gasteiger partial charge on any atom is 0.408 e. The van der Waals surface area contributed by atoms with Gasteiger partial charge in [0.1, 0.15) is 5.76 Å². The van der Waals surface area contributed by atoms with Gasteiger partial charge in [-0.05, 0) is 74.3 Å². The molecule has 1 amide bonds. The minimum Gasteiger partial charge on any atom is -0.478 e. The van der Waals surface area contributed by atoms with E-state index in [1.165, 1.54) is 0 Å². The summed E-state index contributed by atoms with van der Waals surface area (Å²) in [5, 5.41) is 10.9. The minimum absolute atomic E-state index is 0.462. The second kappa shape index (κ2) is 7.44. The molecule has 3 aromatic rings. The minimum atomic E-state index is -0.877. The van der Waals surface area contributed by atoms with Gasteiger partial charge in [-0.2, -0.15) is 0 Å². The van der Waals surface area contributed by atoms with Crippen molar-refractivity contribution in [3.63, 3.8) is 0 Å². The lowest BCUT2D eigenvalue weighted by Gasteiger charge is -2.54. The topological polar surface area (TPSA) is 75.8 Å². The van der Waals surface area contributed by atoms with Crippen LogP contribution in [0.5, 0.6) is 5.88 Å². The standard InChI is InChI=1S/C23H25IN2O4/c1-22(2,3)26(21(27)28)23(11-5-12-23)15-8-6-14(7-9-15)18-17(24)16-10-13-25-20(29-4)19(16)30-18/h6-10,13H,5,11-12H2,1-4H3,(H,27,28). The lowest BCUT2D eigenvalue weighted by atomic mass is 9.69. The molecule has 0 saturated heterocycles. The third kappa shape index (κ3) is 3.23. The van der Waals surface area contributed by atoms with Crippen molar-refractivity contribution in [1.82, 2.24) is 9.88 Å². The Hall–Kier alpha value is -2.29. The number of pyridine rings is 1. The van der Waals surface area contributed by atoms with Crippen molar-refractivity contribution < 1.29 is 19.1 Å². The molecule has 0 unspecified atom stereocenters. The van der Waals surface area contributed by atoms with Crippen LogP contribution >= 0.6 is 22.6 Å². The Kier molecular flexibility index (Phi) is 5.20. The van der Waals surface area contributed by atoms with E-state index in [-0.39, 0.29) is 0 Å². The number of hydrogen-bond acceptors (Lipinski definition) is 4. The summed E-state index contributed by atoms with van der Waals surface area (Å²) in [5.74, 6) is 1.22. The molecule has 0 radical (unpaired) electrons. The first-order chi connectivity index (χ1) is 14.2. The maximum atomic E-state index is 12.1. The summed E-state index contributed by atoms with van der Waals surface area (Å²) in [6.07, 6.45) is 3.52. The van der Waals surface area contributed by atoms with Crippen molar-refractivity contribution in [2.24, 2.45) is 0 Å². The summed E-state index contributed by atoms with van der Waals surface area (Å²) in [4.78, 5) is 18.0. The number of ether oxygens (including phenoxy) is 1. The first-order valence-electron chi connectivity index (χ1n) is 9.94. The molecule has 158 valence electrons. The van der Waals surface area contributed by atoms with Crippen molar-refractivity contribution in [1.29, 1.82) is 0 Å². The monoisotopic (exact) mass is 520 g/mol. The molecule has 7 heteroatoms. The Morgan fingerprint density at radius 1 is 1.23 bits per heavy atom. The third-order valence-electron chi connectivity index (χ3n) is 5.86. The van der Waals surface area contributed by atoms with Crippen LogP contribution in [0.25, 0.3) is 22.3 Å². The Morgan fingerprint density at radius 2 is 1.90 bits per heavy atom. The average Bonchev–Trinajstić information content (AvgIpc) is 3.00. The number of halogens is 1. The Labute approximate surface area is 189 Å². The first kappa shape index (κ1) is 21.0. The first-order valence-corrected chi connectivity index (χ1v) is 11.0. The van der Waals surface area contributed by atoms with Gasteiger partial charge in [0.25, 0.3) is 5.88 Å². The zero-order chi connectivity index (χ0) is 21.7. The van der Waals surface area contributed by atoms with Gasteiger partial charge in [0, 0.05) is 22.7 Å². The molecular formula is C23H25IN2O4. The summed E-state index contributed by atoms with van der Waals surface area (Å²) < 4.78 is 12.4. The maximum absolute atomic E-state index is 12.1. The quantitative estimate of drug-likeness (QED) is 0.411. The zero-order valence-corrected chi connectivity index (χ0v) is 19.7. The molecule has 0 atom stereocenters. The van der Waals surface area contributed by atoms with Crippen molar-refractivity contribution in [2.45, 2.75) is 51.1 Å². The van der Waals surface area contributed by atoms with Crippen LogP contribution in [0.2, 0.25) is 0 Å². The smallest absolute Gasteiger partial charge is 0.408 e. The number of nitrogens with zero attached hydrogens (tertiary/aromatic N) is 2. The molecule has 1 N–H and O–H groups in total. The third-order valence-corrected chi connectivity index (χ3v) is 6.93. The van der Waals surface area contributed by atoms with Crippen LogP contribution < -0.4 is 4.74 Å². The Balaban J connectivity index is 1.76. The average molecular weight is 520 g/mol. The van der Waals surface area contributed by atoms with Gasteiger partial charge in [-0.3, -0.25) is 4.90 Å². The second-order valence-corrected chi connectivity index (χ2v) is 9.77. The fraction of sp³-hybridized carbons (Fsp3) is 0.391. The van der Waals surface area contributed by atoms with Gasteiger partial charge >= 0.3 is 6.09 Å². The van der Waals surface area contributed by atoms with E-state index in [0.29, 0.717) is 11.5 Å². The predicted molar refractivity (Wildman–Crippen MR) is 124 cm³/mol. The summed E-state index contributed by atoms with van der Waals surface area (Å²) in [6.45, 7) is 5.86. The molecule has 1 fully saturated rings. The summed E-state index contributed by atoms with van der Waals surface area (Å²) in [6, 6.07) is 10.0. The molecule has 4 rings (SSSR count). The number of hydrogen-bond donors (Lipinski definition) is 1. The highest BCUT2D eigenvalue weighted by atomic mass is 127. The number of fused-ring (bicyclic) bond motifs is 1. The fourth-order valence-corrected chi connectivity index (χ4v) is 5.34. The summed E-state index contributed by atoms with van der Waals surface area (Å²) in [5.41, 5.74) is 1.64. The van der Waals surface area contributed by atoms with E-state index in [4.69, 9.17) is 9.15 Å². The van der Waals surface area contributed by atoms with Crippen LogP contribution in [-0.2, 0) is 5.54 Å². The Morgan fingerprint density at radius 3 is 2.40 bits per heavy atom. The molecule has 1 aromatic carbocycles. The largest absolute Gasteiger partial charge is 0.478 e. The number of aromatic nitrogens is 1. The van der Waals surface area contributed by atoms with Gasteiger partial charge in [-0.1, -0.05) is 24.3 Å². The highest BCUT2D eigenvalue weighted by molar-refractivity contribution is 14.1. The number of benzene rings is 1. The van der Waals surface area contributed by atoms with E-state index >= 15 is 0 Å². The highest BCUT2D eigenvalue weighted by Crippen LogP contribution is 2.50. The number of carboxylic acid groups (broad SMARTS) is 1. The number of carbonyl (C=O) groups is 1. The van der Waals surface area contributed by atoms with E-state index < -0.39 is 17.2 Å². The molecule has 1 aliphatic rings. The van der Waals surface area contributed by atoms with E-state index in [1.807, 2.05) is 51.1 Å². The molecule has 1 saturated carbocycles. The summed E-state index contributed by atoms with van der Waals surface area (Å²) >= 11 is 2.28. The van der Waals surface area contributed by atoms with Gasteiger partial charge < -0.3 is 14.3 Å². The molecule has 0 spiro atoms. The van der Waals surface area contributed by atoms with Crippen LogP contribution in [0.4, 0.5) is 4.79 Å². The van der Waals surface area contributed by atoms with Gasteiger partial charge in [-0.15, -0.1) is 0 Å². The lowest BCUT2D eigenvalue weighted by Crippen LogP contribution is -2.60. The van der Waals surface area contributed by atoms with Gasteiger partial charge in [0.15, 0.2) is 5.58 Å². The number of furan rings is 1. The second-order valence-electron chi connectivity index (χ2n) is 8.69. The van der Waals surface area contributed by atoms with Gasteiger partial charge in [0.2, 0.25) is 0 Å². The molecule has 30 heavy (non-hydrogen) atoms. The molecule has 6 nitrogen and oxygen atoms in total. The van der Waals surface area contributed by atoms with Crippen molar-refractivity contribution in [3.05, 3.63) is 45.7 Å². The van der Waals surface area contributed by atoms with Crippen molar-refractivity contribution in [2.75, 3.05) is 7.11 Å². The molecule has 0 bridgehead atoms. The highest BCUT2D eigenvalue weighted by Gasteiger charge is 2.50. The van der Waals surface area contributed by atoms with Crippen LogP contribution in [0, 0.1) is 3.57 Å². The summed E-state index contributed by atoms with van der Waals surface area (Å²) in [7, 11) is 1.58. The van der Waals surface area contributed by atoms with Crippen LogP contribution in [0.1, 0.15) is 45.6 Å². The zero-order valence-electron chi connectivity index (χ0n) is 17.5.